The zero-order valence-corrected chi connectivity index (χ0v) is 10.6. The van der Waals surface area contributed by atoms with Crippen molar-refractivity contribution < 1.29 is 14.3 Å². The zero-order valence-electron chi connectivity index (χ0n) is 10.6. The summed E-state index contributed by atoms with van der Waals surface area (Å²) in [6.45, 7) is 4.86. The molecule has 1 rings (SSSR count). The van der Waals surface area contributed by atoms with Crippen LogP contribution < -0.4 is 0 Å². The monoisotopic (exact) mass is 255 g/mol. The topological polar surface area (TPSA) is 67.2 Å². The average molecular weight is 255 g/mol. The molecular formula is C15H13NO3. The van der Waals surface area contributed by atoms with E-state index in [4.69, 9.17) is 10.00 Å². The number of nitriles is 1. The number of hydrogen-bond acceptors (Lipinski definition) is 4. The van der Waals surface area contributed by atoms with Crippen LogP contribution in [0.2, 0.25) is 0 Å². The molecule has 4 heteroatoms. The van der Waals surface area contributed by atoms with Crippen LogP contribution in [-0.4, -0.2) is 11.8 Å². The molecule has 1 aromatic rings. The summed E-state index contributed by atoms with van der Waals surface area (Å²) in [5, 5.41) is 8.68. The highest BCUT2D eigenvalue weighted by Gasteiger charge is 2.08. The van der Waals surface area contributed by atoms with Crippen LogP contribution in [0.25, 0.3) is 6.08 Å². The quantitative estimate of drug-likeness (QED) is 0.351. The molecule has 0 aliphatic rings. The second-order valence-electron chi connectivity index (χ2n) is 3.84. The third-order valence-electron chi connectivity index (χ3n) is 2.17. The van der Waals surface area contributed by atoms with Crippen molar-refractivity contribution in [3.63, 3.8) is 0 Å². The first-order valence-electron chi connectivity index (χ1n) is 5.59. The molecule has 0 spiro atoms. The summed E-state index contributed by atoms with van der Waals surface area (Å²) < 4.78 is 4.99. The predicted octanol–water partition coefficient (Wildman–Crippen LogP) is 2.61. The molecule has 0 unspecified atom stereocenters. The fraction of sp³-hybridized carbons (Fsp3) is 0.133. The molecular weight excluding hydrogens is 242 g/mol. The van der Waals surface area contributed by atoms with Gasteiger partial charge in [-0.3, -0.25) is 9.59 Å². The van der Waals surface area contributed by atoms with E-state index in [0.29, 0.717) is 5.56 Å². The van der Waals surface area contributed by atoms with Gasteiger partial charge in [-0.15, -0.1) is 0 Å². The van der Waals surface area contributed by atoms with Gasteiger partial charge in [0.2, 0.25) is 0 Å². The second-order valence-corrected chi connectivity index (χ2v) is 3.84. The van der Waals surface area contributed by atoms with Crippen molar-refractivity contribution in [3.05, 3.63) is 53.8 Å². The van der Waals surface area contributed by atoms with Crippen molar-refractivity contribution in [2.75, 3.05) is 0 Å². The van der Waals surface area contributed by atoms with Crippen molar-refractivity contribution >= 4 is 17.8 Å². The second kappa shape index (κ2) is 6.92. The lowest BCUT2D eigenvalue weighted by Crippen LogP contribution is -2.07. The maximum absolute atomic E-state index is 11.3. The summed E-state index contributed by atoms with van der Waals surface area (Å²) in [5.41, 5.74) is 1.32. The molecule has 0 saturated carbocycles. The SMILES string of the molecule is C=C/C(=C\c1ccc(C#N)cc1)OC(=O)CC(C)=O. The fourth-order valence-electron chi connectivity index (χ4n) is 1.32. The van der Waals surface area contributed by atoms with Crippen molar-refractivity contribution in [2.45, 2.75) is 13.3 Å². The number of nitrogens with zero attached hydrogens (tertiary/aromatic N) is 1. The standard InChI is InChI=1S/C15H13NO3/c1-3-14(19-15(18)8-11(2)17)9-12-4-6-13(10-16)7-5-12/h3-7,9H,1,8H2,2H3/b14-9+. The molecule has 0 atom stereocenters. The predicted molar refractivity (Wildman–Crippen MR) is 70.7 cm³/mol. The van der Waals surface area contributed by atoms with Gasteiger partial charge in [-0.1, -0.05) is 18.7 Å². The number of hydrogen-bond donors (Lipinski definition) is 0. The Labute approximate surface area is 111 Å². The lowest BCUT2D eigenvalue weighted by atomic mass is 10.1. The van der Waals surface area contributed by atoms with E-state index < -0.39 is 5.97 Å². The van der Waals surface area contributed by atoms with Crippen LogP contribution in [0.15, 0.2) is 42.7 Å². The number of rotatable bonds is 5. The molecule has 0 N–H and O–H groups in total. The lowest BCUT2D eigenvalue weighted by molar-refractivity contribution is -0.141. The number of carbonyl (C=O) groups is 2. The molecule has 0 aromatic heterocycles. The Kier molecular flexibility index (Phi) is 5.24. The van der Waals surface area contributed by atoms with E-state index in [9.17, 15) is 9.59 Å². The molecule has 96 valence electrons. The number of esters is 1. The highest BCUT2D eigenvalue weighted by molar-refractivity contribution is 5.94. The molecule has 0 radical (unpaired) electrons. The van der Waals surface area contributed by atoms with Gasteiger partial charge in [-0.05, 0) is 36.8 Å². The summed E-state index contributed by atoms with van der Waals surface area (Å²) in [6.07, 6.45) is 2.72. The Morgan fingerprint density at radius 2 is 2.00 bits per heavy atom. The smallest absolute Gasteiger partial charge is 0.318 e. The number of Topliss-reactive ketones (excluding diaryl/α,β-unsaturated/α-hetero) is 1. The van der Waals surface area contributed by atoms with E-state index in [0.717, 1.165) is 5.56 Å². The minimum Gasteiger partial charge on any atom is -0.426 e. The summed E-state index contributed by atoms with van der Waals surface area (Å²) in [6, 6.07) is 8.77. The first-order valence-corrected chi connectivity index (χ1v) is 5.59. The largest absolute Gasteiger partial charge is 0.426 e. The highest BCUT2D eigenvalue weighted by Crippen LogP contribution is 2.11. The van der Waals surface area contributed by atoms with E-state index in [-0.39, 0.29) is 18.0 Å². The molecule has 0 fully saturated rings. The Morgan fingerprint density at radius 3 is 2.47 bits per heavy atom. The number of ether oxygens (including phenoxy) is 1. The summed E-state index contributed by atoms with van der Waals surface area (Å²) in [4.78, 5) is 22.1. The minimum absolute atomic E-state index is 0.258. The normalized spacial score (nSPS) is 10.4. The maximum atomic E-state index is 11.3. The van der Waals surface area contributed by atoms with Crippen molar-refractivity contribution in [1.82, 2.24) is 0 Å². The van der Waals surface area contributed by atoms with Crippen molar-refractivity contribution in [1.29, 1.82) is 5.26 Å². The molecule has 0 heterocycles. The van der Waals surface area contributed by atoms with Crippen LogP contribution in [0.5, 0.6) is 0 Å². The van der Waals surface area contributed by atoms with E-state index in [1.54, 1.807) is 30.3 Å². The van der Waals surface area contributed by atoms with Gasteiger partial charge in [0, 0.05) is 0 Å². The molecule has 0 aliphatic carbocycles. The van der Waals surface area contributed by atoms with Gasteiger partial charge < -0.3 is 4.74 Å². The number of carbonyl (C=O) groups excluding carboxylic acids is 2. The van der Waals surface area contributed by atoms with Crippen molar-refractivity contribution in [2.24, 2.45) is 0 Å². The summed E-state index contributed by atoms with van der Waals surface area (Å²) >= 11 is 0. The summed E-state index contributed by atoms with van der Waals surface area (Å²) in [7, 11) is 0. The number of allylic oxidation sites excluding steroid dienone is 1. The minimum atomic E-state index is -0.618. The van der Waals surface area contributed by atoms with Crippen LogP contribution in [0.1, 0.15) is 24.5 Å². The van der Waals surface area contributed by atoms with Gasteiger partial charge in [0.15, 0.2) is 0 Å². The van der Waals surface area contributed by atoms with Gasteiger partial charge in [0.25, 0.3) is 0 Å². The Balaban J connectivity index is 2.81. The van der Waals surface area contributed by atoms with E-state index in [1.165, 1.54) is 13.0 Å². The number of ketones is 1. The van der Waals surface area contributed by atoms with E-state index >= 15 is 0 Å². The van der Waals surface area contributed by atoms with Crippen LogP contribution >= 0.6 is 0 Å². The molecule has 4 nitrogen and oxygen atoms in total. The third kappa shape index (κ3) is 5.00. The molecule has 0 bridgehead atoms. The van der Waals surface area contributed by atoms with Gasteiger partial charge in [0.05, 0.1) is 11.6 Å². The van der Waals surface area contributed by atoms with Gasteiger partial charge >= 0.3 is 5.97 Å². The zero-order chi connectivity index (χ0) is 14.3. The van der Waals surface area contributed by atoms with Gasteiger partial charge in [0.1, 0.15) is 18.0 Å². The number of benzene rings is 1. The molecule has 0 amide bonds. The first-order chi connectivity index (χ1) is 9.05. The van der Waals surface area contributed by atoms with Crippen LogP contribution in [0.3, 0.4) is 0 Å². The van der Waals surface area contributed by atoms with Crippen LogP contribution in [0, 0.1) is 11.3 Å². The Morgan fingerprint density at radius 1 is 1.37 bits per heavy atom. The lowest BCUT2D eigenvalue weighted by Gasteiger charge is -2.03. The van der Waals surface area contributed by atoms with E-state index in [1.807, 2.05) is 6.07 Å². The third-order valence-corrected chi connectivity index (χ3v) is 2.17. The Hall–Kier alpha value is -2.67. The van der Waals surface area contributed by atoms with Crippen LogP contribution in [0.4, 0.5) is 0 Å². The fourth-order valence-corrected chi connectivity index (χ4v) is 1.32. The molecule has 0 saturated heterocycles. The van der Waals surface area contributed by atoms with E-state index in [2.05, 4.69) is 6.58 Å². The van der Waals surface area contributed by atoms with Gasteiger partial charge in [-0.25, -0.2) is 0 Å². The molecule has 19 heavy (non-hydrogen) atoms. The first kappa shape index (κ1) is 14.4. The highest BCUT2D eigenvalue weighted by atomic mass is 16.5. The molecule has 0 aliphatic heterocycles. The Bertz CT molecular complexity index is 562. The average Bonchev–Trinajstić information content (AvgIpc) is 2.37. The molecule has 1 aromatic carbocycles. The van der Waals surface area contributed by atoms with Gasteiger partial charge in [-0.2, -0.15) is 5.26 Å². The van der Waals surface area contributed by atoms with Crippen molar-refractivity contribution in [3.8, 4) is 6.07 Å². The maximum Gasteiger partial charge on any atom is 0.318 e. The summed E-state index contributed by atoms with van der Waals surface area (Å²) in [5.74, 6) is -0.616. The van der Waals surface area contributed by atoms with Crippen LogP contribution in [-0.2, 0) is 14.3 Å².